The normalized spacial score (nSPS) is 18.0. The van der Waals surface area contributed by atoms with Crippen molar-refractivity contribution in [3.8, 4) is 5.75 Å². The van der Waals surface area contributed by atoms with Crippen LogP contribution in [-0.4, -0.2) is 13.0 Å². The number of ether oxygens (including phenoxy) is 1. The predicted molar refractivity (Wildman–Crippen MR) is 75.0 cm³/mol. The van der Waals surface area contributed by atoms with Gasteiger partial charge in [0.1, 0.15) is 5.75 Å². The molecule has 0 heterocycles. The van der Waals surface area contributed by atoms with Gasteiger partial charge in [0.15, 0.2) is 0 Å². The third-order valence-electron chi connectivity index (χ3n) is 4.03. The molecule has 0 aliphatic heterocycles. The minimum absolute atomic E-state index is 0.0103. The fourth-order valence-electron chi connectivity index (χ4n) is 2.88. The van der Waals surface area contributed by atoms with Crippen molar-refractivity contribution in [2.24, 2.45) is 17.4 Å². The third-order valence-corrected chi connectivity index (χ3v) is 4.03. The van der Waals surface area contributed by atoms with Crippen molar-refractivity contribution in [3.63, 3.8) is 0 Å². The molecule has 19 heavy (non-hydrogen) atoms. The quantitative estimate of drug-likeness (QED) is 0.874. The van der Waals surface area contributed by atoms with E-state index in [2.05, 4.69) is 0 Å². The Labute approximate surface area is 114 Å². The van der Waals surface area contributed by atoms with Crippen LogP contribution in [0.3, 0.4) is 0 Å². The lowest BCUT2D eigenvalue weighted by molar-refractivity contribution is 0.0997. The minimum atomic E-state index is -0.477. The number of hydrogen-bond acceptors (Lipinski definition) is 3. The van der Waals surface area contributed by atoms with Gasteiger partial charge in [0.25, 0.3) is 5.91 Å². The zero-order chi connectivity index (χ0) is 13.8. The molecular weight excluding hydrogens is 240 g/mol. The average molecular weight is 262 g/mol. The summed E-state index contributed by atoms with van der Waals surface area (Å²) < 4.78 is 5.23. The van der Waals surface area contributed by atoms with E-state index < -0.39 is 5.91 Å². The Bertz CT molecular complexity index is 453. The SMILES string of the molecule is COc1cc(C(N)C2CCCCC2)ccc1C(N)=O. The Hall–Kier alpha value is -1.55. The van der Waals surface area contributed by atoms with Crippen molar-refractivity contribution in [2.75, 3.05) is 7.11 Å². The summed E-state index contributed by atoms with van der Waals surface area (Å²) in [6.45, 7) is 0. The van der Waals surface area contributed by atoms with Crippen LogP contribution in [0, 0.1) is 5.92 Å². The molecule has 1 aromatic carbocycles. The highest BCUT2D eigenvalue weighted by Gasteiger charge is 2.23. The highest BCUT2D eigenvalue weighted by molar-refractivity contribution is 5.95. The Kier molecular flexibility index (Phi) is 4.43. The fraction of sp³-hybridized carbons (Fsp3) is 0.533. The zero-order valence-corrected chi connectivity index (χ0v) is 11.4. The molecule has 0 saturated heterocycles. The Morgan fingerprint density at radius 3 is 2.58 bits per heavy atom. The van der Waals surface area contributed by atoms with Gasteiger partial charge in [-0.05, 0) is 36.5 Å². The van der Waals surface area contributed by atoms with Gasteiger partial charge in [-0.3, -0.25) is 4.79 Å². The number of carbonyl (C=O) groups is 1. The number of carbonyl (C=O) groups excluding carboxylic acids is 1. The summed E-state index contributed by atoms with van der Waals surface area (Å²) in [5.41, 5.74) is 13.1. The van der Waals surface area contributed by atoms with Gasteiger partial charge in [0.2, 0.25) is 0 Å². The lowest BCUT2D eigenvalue weighted by Crippen LogP contribution is -2.24. The van der Waals surface area contributed by atoms with Crippen LogP contribution in [0.1, 0.15) is 54.1 Å². The van der Waals surface area contributed by atoms with Crippen molar-refractivity contribution in [1.82, 2.24) is 0 Å². The second kappa shape index (κ2) is 6.06. The van der Waals surface area contributed by atoms with E-state index in [4.69, 9.17) is 16.2 Å². The number of primary amides is 1. The number of hydrogen-bond donors (Lipinski definition) is 2. The maximum Gasteiger partial charge on any atom is 0.252 e. The van der Waals surface area contributed by atoms with E-state index in [1.54, 1.807) is 6.07 Å². The first kappa shape index (κ1) is 13.9. The molecule has 1 fully saturated rings. The maximum absolute atomic E-state index is 11.3. The van der Waals surface area contributed by atoms with Gasteiger partial charge in [-0.2, -0.15) is 0 Å². The smallest absolute Gasteiger partial charge is 0.252 e. The van der Waals surface area contributed by atoms with Gasteiger partial charge in [0.05, 0.1) is 12.7 Å². The van der Waals surface area contributed by atoms with E-state index >= 15 is 0 Å². The second-order valence-corrected chi connectivity index (χ2v) is 5.25. The molecule has 1 unspecified atom stereocenters. The lowest BCUT2D eigenvalue weighted by atomic mass is 9.81. The monoisotopic (exact) mass is 262 g/mol. The molecular formula is C15H22N2O2. The molecule has 104 valence electrons. The molecule has 4 heteroatoms. The number of benzene rings is 1. The van der Waals surface area contributed by atoms with Gasteiger partial charge in [0, 0.05) is 6.04 Å². The number of methoxy groups -OCH3 is 1. The van der Waals surface area contributed by atoms with E-state index in [1.165, 1.54) is 39.2 Å². The van der Waals surface area contributed by atoms with E-state index in [0.717, 1.165) is 5.56 Å². The van der Waals surface area contributed by atoms with Crippen LogP contribution < -0.4 is 16.2 Å². The second-order valence-electron chi connectivity index (χ2n) is 5.25. The zero-order valence-electron chi connectivity index (χ0n) is 11.4. The highest BCUT2D eigenvalue weighted by Crippen LogP contribution is 2.34. The van der Waals surface area contributed by atoms with Crippen molar-refractivity contribution in [2.45, 2.75) is 38.1 Å². The van der Waals surface area contributed by atoms with Crippen molar-refractivity contribution < 1.29 is 9.53 Å². The summed E-state index contributed by atoms with van der Waals surface area (Å²) in [6.07, 6.45) is 6.19. The molecule has 0 aromatic heterocycles. The van der Waals surface area contributed by atoms with Crippen LogP contribution in [0.4, 0.5) is 0 Å². The molecule has 1 amide bonds. The number of amides is 1. The molecule has 0 radical (unpaired) electrons. The first-order valence-electron chi connectivity index (χ1n) is 6.87. The predicted octanol–water partition coefficient (Wildman–Crippen LogP) is 2.37. The van der Waals surface area contributed by atoms with Crippen LogP contribution in [0.5, 0.6) is 5.75 Å². The summed E-state index contributed by atoms with van der Waals surface area (Å²) in [4.78, 5) is 11.3. The van der Waals surface area contributed by atoms with E-state index in [9.17, 15) is 4.79 Å². The molecule has 4 N–H and O–H groups in total. The van der Waals surface area contributed by atoms with Crippen LogP contribution in [-0.2, 0) is 0 Å². The molecule has 0 spiro atoms. The first-order chi connectivity index (χ1) is 9.13. The van der Waals surface area contributed by atoms with Gasteiger partial charge < -0.3 is 16.2 Å². The molecule has 1 aromatic rings. The van der Waals surface area contributed by atoms with Crippen molar-refractivity contribution >= 4 is 5.91 Å². The van der Waals surface area contributed by atoms with E-state index in [0.29, 0.717) is 17.2 Å². The molecule has 2 rings (SSSR count). The number of nitrogens with two attached hydrogens (primary N) is 2. The summed E-state index contributed by atoms with van der Waals surface area (Å²) in [7, 11) is 1.54. The van der Waals surface area contributed by atoms with Crippen LogP contribution in [0.15, 0.2) is 18.2 Å². The average Bonchev–Trinajstić information content (AvgIpc) is 2.46. The lowest BCUT2D eigenvalue weighted by Gasteiger charge is -2.28. The van der Waals surface area contributed by atoms with Gasteiger partial charge in [-0.15, -0.1) is 0 Å². The topological polar surface area (TPSA) is 78.3 Å². The summed E-state index contributed by atoms with van der Waals surface area (Å²) in [6, 6.07) is 5.46. The maximum atomic E-state index is 11.3. The summed E-state index contributed by atoms with van der Waals surface area (Å²) >= 11 is 0. The van der Waals surface area contributed by atoms with Crippen molar-refractivity contribution in [1.29, 1.82) is 0 Å². The number of rotatable bonds is 4. The fourth-order valence-corrected chi connectivity index (χ4v) is 2.88. The molecule has 1 aliphatic rings. The highest BCUT2D eigenvalue weighted by atomic mass is 16.5. The standard InChI is InChI=1S/C15H22N2O2/c1-19-13-9-11(7-8-12(13)15(17)18)14(16)10-5-3-2-4-6-10/h7-10,14H,2-6,16H2,1H3,(H2,17,18). The van der Waals surface area contributed by atoms with Crippen LogP contribution in [0.2, 0.25) is 0 Å². The van der Waals surface area contributed by atoms with E-state index in [-0.39, 0.29) is 6.04 Å². The largest absolute Gasteiger partial charge is 0.496 e. The van der Waals surface area contributed by atoms with Gasteiger partial charge >= 0.3 is 0 Å². The molecule has 1 aliphatic carbocycles. The third kappa shape index (κ3) is 3.07. The molecule has 4 nitrogen and oxygen atoms in total. The van der Waals surface area contributed by atoms with E-state index in [1.807, 2.05) is 12.1 Å². The van der Waals surface area contributed by atoms with Crippen LogP contribution in [0.25, 0.3) is 0 Å². The summed E-state index contributed by atoms with van der Waals surface area (Å²) in [5, 5.41) is 0. The molecule has 1 atom stereocenters. The molecule has 1 saturated carbocycles. The summed E-state index contributed by atoms with van der Waals surface area (Å²) in [5.74, 6) is 0.559. The molecule has 0 bridgehead atoms. The Balaban J connectivity index is 2.22. The van der Waals surface area contributed by atoms with Crippen molar-refractivity contribution in [3.05, 3.63) is 29.3 Å². The first-order valence-corrected chi connectivity index (χ1v) is 6.87. The van der Waals surface area contributed by atoms with Crippen LogP contribution >= 0.6 is 0 Å². The van der Waals surface area contributed by atoms with Gasteiger partial charge in [-0.25, -0.2) is 0 Å². The minimum Gasteiger partial charge on any atom is -0.496 e. The Morgan fingerprint density at radius 1 is 1.32 bits per heavy atom. The van der Waals surface area contributed by atoms with Gasteiger partial charge in [-0.1, -0.05) is 25.3 Å². The Morgan fingerprint density at radius 2 is 2.00 bits per heavy atom.